The van der Waals surface area contributed by atoms with E-state index in [1.807, 2.05) is 29.2 Å². The van der Waals surface area contributed by atoms with Gasteiger partial charge in [-0.25, -0.2) is 0 Å². The summed E-state index contributed by atoms with van der Waals surface area (Å²) >= 11 is 0. The molecule has 2 aliphatic heterocycles. The predicted octanol–water partition coefficient (Wildman–Crippen LogP) is 2.02. The van der Waals surface area contributed by atoms with E-state index in [2.05, 4.69) is 6.92 Å². The molecule has 0 unspecified atom stereocenters. The van der Waals surface area contributed by atoms with Crippen LogP contribution < -0.4 is 4.74 Å². The first kappa shape index (κ1) is 17.2. The highest BCUT2D eigenvalue weighted by Gasteiger charge is 2.39. The van der Waals surface area contributed by atoms with Gasteiger partial charge in [0.05, 0.1) is 12.7 Å². The first-order valence-corrected chi connectivity index (χ1v) is 8.77. The number of ether oxygens (including phenoxy) is 2. The van der Waals surface area contributed by atoms with Crippen molar-refractivity contribution in [3.63, 3.8) is 0 Å². The highest BCUT2D eigenvalue weighted by Crippen LogP contribution is 2.31. The van der Waals surface area contributed by atoms with Gasteiger partial charge in [0.25, 0.3) is 5.91 Å². The largest absolute Gasteiger partial charge is 0.496 e. The molecule has 1 aromatic rings. The molecule has 0 aromatic heterocycles. The lowest BCUT2D eigenvalue weighted by Gasteiger charge is -2.39. The van der Waals surface area contributed by atoms with Gasteiger partial charge < -0.3 is 19.5 Å². The Kier molecular flexibility index (Phi) is 5.11. The van der Waals surface area contributed by atoms with Crippen LogP contribution in [0.25, 0.3) is 0 Å². The van der Waals surface area contributed by atoms with E-state index >= 15 is 0 Å². The third-order valence-corrected chi connectivity index (χ3v) is 5.35. The first-order valence-electron chi connectivity index (χ1n) is 8.77. The molecule has 0 saturated carbocycles. The smallest absolute Gasteiger partial charge is 0.251 e. The molecular weight excluding hydrogens is 306 g/mol. The number of hydrogen-bond donors (Lipinski definition) is 1. The third kappa shape index (κ3) is 3.57. The minimum absolute atomic E-state index is 0.0827. The summed E-state index contributed by atoms with van der Waals surface area (Å²) in [7, 11) is 1.65. The first-order chi connectivity index (χ1) is 11.5. The lowest BCUT2D eigenvalue weighted by molar-refractivity contribution is -0.146. The Hall–Kier alpha value is -1.59. The second kappa shape index (κ2) is 7.11. The van der Waals surface area contributed by atoms with Crippen LogP contribution in [0.3, 0.4) is 0 Å². The quantitative estimate of drug-likeness (QED) is 0.916. The van der Waals surface area contributed by atoms with E-state index < -0.39 is 5.60 Å². The van der Waals surface area contributed by atoms with Crippen LogP contribution in [0.1, 0.15) is 31.7 Å². The van der Waals surface area contributed by atoms with Gasteiger partial charge in [0.15, 0.2) is 0 Å². The number of amides is 1. The zero-order chi connectivity index (χ0) is 17.2. The van der Waals surface area contributed by atoms with Crippen LogP contribution in [0.2, 0.25) is 0 Å². The fourth-order valence-electron chi connectivity index (χ4n) is 3.71. The number of carbonyl (C=O) groups excluding carboxylic acids is 1. The summed E-state index contributed by atoms with van der Waals surface area (Å²) in [6.45, 7) is 3.90. The van der Waals surface area contributed by atoms with Crippen molar-refractivity contribution in [3.05, 3.63) is 29.8 Å². The molecule has 132 valence electrons. The predicted molar refractivity (Wildman–Crippen MR) is 91.0 cm³/mol. The molecule has 3 rings (SSSR count). The second-order valence-electron chi connectivity index (χ2n) is 7.10. The standard InChI is InChI=1S/C19H27NO4/c1-14-7-12-24-17(14)18(21)20-10-8-19(22,9-11-20)13-15-5-3-4-6-16(15)23-2/h3-6,14,17,22H,7-13H2,1-2H3/t14-,17+/m1/s1. The Labute approximate surface area is 143 Å². The van der Waals surface area contributed by atoms with Gasteiger partial charge in [-0.3, -0.25) is 4.79 Å². The molecule has 2 saturated heterocycles. The topological polar surface area (TPSA) is 59.0 Å². The average molecular weight is 333 g/mol. The van der Waals surface area contributed by atoms with Gasteiger partial charge in [-0.1, -0.05) is 25.1 Å². The number of likely N-dealkylation sites (tertiary alicyclic amines) is 1. The van der Waals surface area contributed by atoms with Crippen molar-refractivity contribution < 1.29 is 19.4 Å². The van der Waals surface area contributed by atoms with Crippen LogP contribution in [0.15, 0.2) is 24.3 Å². The maximum Gasteiger partial charge on any atom is 0.251 e. The van der Waals surface area contributed by atoms with E-state index in [0.29, 0.717) is 39.0 Å². The molecule has 0 spiro atoms. The normalized spacial score (nSPS) is 26.4. The van der Waals surface area contributed by atoms with Crippen LogP contribution in [-0.4, -0.2) is 54.4 Å². The van der Waals surface area contributed by atoms with Gasteiger partial charge in [-0.2, -0.15) is 0 Å². The van der Waals surface area contributed by atoms with Gasteiger partial charge in [-0.05, 0) is 36.8 Å². The van der Waals surface area contributed by atoms with Gasteiger partial charge in [-0.15, -0.1) is 0 Å². The lowest BCUT2D eigenvalue weighted by Crippen LogP contribution is -2.51. The molecule has 0 bridgehead atoms. The highest BCUT2D eigenvalue weighted by molar-refractivity contribution is 5.81. The summed E-state index contributed by atoms with van der Waals surface area (Å²) in [5, 5.41) is 10.9. The number of benzene rings is 1. The van der Waals surface area contributed by atoms with Crippen molar-refractivity contribution in [1.82, 2.24) is 4.90 Å². The summed E-state index contributed by atoms with van der Waals surface area (Å²) in [4.78, 5) is 14.4. The molecule has 2 atom stereocenters. The van der Waals surface area contributed by atoms with E-state index in [4.69, 9.17) is 9.47 Å². The lowest BCUT2D eigenvalue weighted by atomic mass is 9.84. The van der Waals surface area contributed by atoms with Crippen LogP contribution in [0, 0.1) is 5.92 Å². The molecule has 0 radical (unpaired) electrons. The molecule has 5 nitrogen and oxygen atoms in total. The Morgan fingerprint density at radius 3 is 2.71 bits per heavy atom. The Bertz CT molecular complexity index is 580. The third-order valence-electron chi connectivity index (χ3n) is 5.35. The summed E-state index contributed by atoms with van der Waals surface area (Å²) in [5.41, 5.74) is 0.225. The Morgan fingerprint density at radius 2 is 2.08 bits per heavy atom. The molecule has 1 aromatic carbocycles. The zero-order valence-corrected chi connectivity index (χ0v) is 14.5. The van der Waals surface area contributed by atoms with Gasteiger partial charge in [0.1, 0.15) is 11.9 Å². The number of rotatable bonds is 4. The fourth-order valence-corrected chi connectivity index (χ4v) is 3.71. The number of nitrogens with zero attached hydrogens (tertiary/aromatic N) is 1. The molecule has 1 amide bonds. The van der Waals surface area contributed by atoms with Crippen molar-refractivity contribution in [2.75, 3.05) is 26.8 Å². The monoisotopic (exact) mass is 333 g/mol. The second-order valence-corrected chi connectivity index (χ2v) is 7.10. The van der Waals surface area contributed by atoms with E-state index in [1.54, 1.807) is 7.11 Å². The minimum Gasteiger partial charge on any atom is -0.496 e. The molecular formula is C19H27NO4. The van der Waals surface area contributed by atoms with E-state index in [1.165, 1.54) is 0 Å². The fraction of sp³-hybridized carbons (Fsp3) is 0.632. The van der Waals surface area contributed by atoms with Gasteiger partial charge in [0, 0.05) is 26.1 Å². The van der Waals surface area contributed by atoms with Crippen molar-refractivity contribution in [1.29, 1.82) is 0 Å². The van der Waals surface area contributed by atoms with E-state index in [-0.39, 0.29) is 17.9 Å². The molecule has 5 heteroatoms. The SMILES string of the molecule is COc1ccccc1CC1(O)CCN(C(=O)[C@H]2OCC[C@H]2C)CC1. The number of carbonyl (C=O) groups is 1. The highest BCUT2D eigenvalue weighted by atomic mass is 16.5. The number of para-hydroxylation sites is 1. The summed E-state index contributed by atoms with van der Waals surface area (Å²) in [5.74, 6) is 1.17. The molecule has 2 fully saturated rings. The van der Waals surface area contributed by atoms with Crippen LogP contribution >= 0.6 is 0 Å². The molecule has 24 heavy (non-hydrogen) atoms. The van der Waals surface area contributed by atoms with Crippen LogP contribution in [0.5, 0.6) is 5.75 Å². The average Bonchev–Trinajstić information content (AvgIpc) is 3.01. The van der Waals surface area contributed by atoms with Crippen LogP contribution in [-0.2, 0) is 16.0 Å². The zero-order valence-electron chi connectivity index (χ0n) is 14.5. The van der Waals surface area contributed by atoms with E-state index in [0.717, 1.165) is 17.7 Å². The minimum atomic E-state index is -0.784. The van der Waals surface area contributed by atoms with Crippen molar-refractivity contribution in [2.45, 2.75) is 44.3 Å². The van der Waals surface area contributed by atoms with Crippen LogP contribution in [0.4, 0.5) is 0 Å². The molecule has 2 heterocycles. The number of aliphatic hydroxyl groups is 1. The van der Waals surface area contributed by atoms with Gasteiger partial charge in [0.2, 0.25) is 0 Å². The van der Waals surface area contributed by atoms with E-state index in [9.17, 15) is 9.90 Å². The van der Waals surface area contributed by atoms with Crippen molar-refractivity contribution in [2.24, 2.45) is 5.92 Å². The summed E-state index contributed by atoms with van der Waals surface area (Å²) in [6, 6.07) is 7.79. The Balaban J connectivity index is 1.60. The maximum absolute atomic E-state index is 12.6. The summed E-state index contributed by atoms with van der Waals surface area (Å²) < 4.78 is 11.0. The number of methoxy groups -OCH3 is 1. The van der Waals surface area contributed by atoms with Crippen molar-refractivity contribution >= 4 is 5.91 Å². The molecule has 2 aliphatic rings. The number of hydrogen-bond acceptors (Lipinski definition) is 4. The van der Waals surface area contributed by atoms with Crippen molar-refractivity contribution in [3.8, 4) is 5.75 Å². The maximum atomic E-state index is 12.6. The number of piperidine rings is 1. The van der Waals surface area contributed by atoms with Gasteiger partial charge >= 0.3 is 0 Å². The molecule has 1 N–H and O–H groups in total. The molecule has 0 aliphatic carbocycles. The Morgan fingerprint density at radius 1 is 1.38 bits per heavy atom. The summed E-state index contributed by atoms with van der Waals surface area (Å²) in [6.07, 6.45) is 2.36.